The zero-order chi connectivity index (χ0) is 22.6. The number of unbranched alkanes of at least 4 members (excludes halogenated alkanes) is 4. The maximum Gasteiger partial charge on any atom is 0.573 e. The third kappa shape index (κ3) is 5.71. The Morgan fingerprint density at radius 2 is 1.48 bits per heavy atom. The van der Waals surface area contributed by atoms with Crippen LogP contribution in [0.1, 0.15) is 44.6 Å². The lowest BCUT2D eigenvalue weighted by Crippen LogP contribution is -2.18. The molecule has 7 heteroatoms. The van der Waals surface area contributed by atoms with Crippen molar-refractivity contribution in [1.82, 2.24) is 0 Å². The van der Waals surface area contributed by atoms with Crippen LogP contribution in [0.15, 0.2) is 42.5 Å². The number of alkyl halides is 3. The van der Waals surface area contributed by atoms with E-state index in [-0.39, 0.29) is 21.9 Å². The summed E-state index contributed by atoms with van der Waals surface area (Å²) in [6.07, 6.45) is 0.716. The molecule has 0 unspecified atom stereocenters. The number of hydrogen-bond donors (Lipinski definition) is 0. The molecule has 3 rings (SSSR count). The van der Waals surface area contributed by atoms with E-state index in [9.17, 15) is 26.3 Å². The molecule has 0 atom stereocenters. The predicted octanol–water partition coefficient (Wildman–Crippen LogP) is 8.34. The van der Waals surface area contributed by atoms with E-state index in [0.717, 1.165) is 38.2 Å². The average Bonchev–Trinajstić information content (AvgIpc) is 2.68. The minimum Gasteiger partial charge on any atom is -0.403 e. The van der Waals surface area contributed by atoms with Gasteiger partial charge in [-0.25, -0.2) is 13.2 Å². The lowest BCUT2D eigenvalue weighted by atomic mass is 9.97. The van der Waals surface area contributed by atoms with Crippen molar-refractivity contribution in [3.63, 3.8) is 0 Å². The lowest BCUT2D eigenvalue weighted by Gasteiger charge is -2.13. The highest BCUT2D eigenvalue weighted by Gasteiger charge is 2.32. The van der Waals surface area contributed by atoms with Gasteiger partial charge in [-0.15, -0.1) is 13.2 Å². The molecule has 0 saturated heterocycles. The van der Waals surface area contributed by atoms with Gasteiger partial charge in [0.05, 0.1) is 5.56 Å². The second kappa shape index (κ2) is 9.62. The molecule has 0 spiro atoms. The summed E-state index contributed by atoms with van der Waals surface area (Å²) in [6, 6.07) is 8.43. The average molecular weight is 440 g/mol. The van der Waals surface area contributed by atoms with Crippen molar-refractivity contribution >= 4 is 10.8 Å². The first-order chi connectivity index (χ1) is 14.7. The summed E-state index contributed by atoms with van der Waals surface area (Å²) in [5, 5.41) is 0.0540. The van der Waals surface area contributed by atoms with E-state index in [0.29, 0.717) is 12.0 Å². The van der Waals surface area contributed by atoms with Gasteiger partial charge in [-0.05, 0) is 53.6 Å². The van der Waals surface area contributed by atoms with Gasteiger partial charge in [0, 0.05) is 5.39 Å². The Morgan fingerprint density at radius 3 is 2.13 bits per heavy atom. The van der Waals surface area contributed by atoms with Crippen LogP contribution in [-0.4, -0.2) is 6.36 Å². The van der Waals surface area contributed by atoms with Gasteiger partial charge in [0.2, 0.25) is 0 Å². The smallest absolute Gasteiger partial charge is 0.403 e. The molecule has 0 aliphatic carbocycles. The molecular weight excluding hydrogens is 418 g/mol. The molecule has 0 aliphatic rings. The molecule has 0 radical (unpaired) electrons. The molecule has 0 amide bonds. The fourth-order valence-electron chi connectivity index (χ4n) is 3.61. The van der Waals surface area contributed by atoms with Crippen LogP contribution < -0.4 is 4.74 Å². The molecule has 31 heavy (non-hydrogen) atoms. The number of fused-ring (bicyclic) bond motifs is 1. The summed E-state index contributed by atoms with van der Waals surface area (Å²) in [6.45, 7) is 2.11. The topological polar surface area (TPSA) is 9.23 Å². The Hall–Kier alpha value is -2.70. The molecule has 166 valence electrons. The number of hydrogen-bond acceptors (Lipinski definition) is 1. The maximum atomic E-state index is 14.7. The highest BCUT2D eigenvalue weighted by molar-refractivity contribution is 5.89. The molecule has 3 aromatic rings. The largest absolute Gasteiger partial charge is 0.573 e. The third-order valence-corrected chi connectivity index (χ3v) is 5.10. The Balaban J connectivity index is 1.86. The van der Waals surface area contributed by atoms with Gasteiger partial charge in [-0.2, -0.15) is 0 Å². The molecule has 1 nitrogen and oxygen atoms in total. The van der Waals surface area contributed by atoms with Crippen LogP contribution in [0.3, 0.4) is 0 Å². The molecule has 0 aromatic heterocycles. The fraction of sp³-hybridized carbons (Fsp3) is 0.333. The molecule has 0 heterocycles. The normalized spacial score (nSPS) is 11.8. The fourth-order valence-corrected chi connectivity index (χ4v) is 3.61. The maximum absolute atomic E-state index is 14.7. The molecular formula is C24H22F6O. The second-order valence-electron chi connectivity index (χ2n) is 7.46. The number of benzene rings is 3. The summed E-state index contributed by atoms with van der Waals surface area (Å²) in [5.41, 5.74) is 0.476. The van der Waals surface area contributed by atoms with E-state index < -0.39 is 29.6 Å². The van der Waals surface area contributed by atoms with Crippen molar-refractivity contribution in [1.29, 1.82) is 0 Å². The van der Waals surface area contributed by atoms with Gasteiger partial charge in [-0.3, -0.25) is 0 Å². The van der Waals surface area contributed by atoms with Gasteiger partial charge in [-0.1, -0.05) is 50.8 Å². The summed E-state index contributed by atoms with van der Waals surface area (Å²) in [7, 11) is 0. The van der Waals surface area contributed by atoms with Crippen LogP contribution in [0.2, 0.25) is 0 Å². The quantitative estimate of drug-likeness (QED) is 0.253. The van der Waals surface area contributed by atoms with Crippen LogP contribution in [0.5, 0.6) is 5.75 Å². The highest BCUT2D eigenvalue weighted by atomic mass is 19.4. The van der Waals surface area contributed by atoms with Crippen LogP contribution in [0, 0.1) is 17.5 Å². The molecule has 0 N–H and O–H groups in total. The van der Waals surface area contributed by atoms with Gasteiger partial charge in [0.25, 0.3) is 0 Å². The van der Waals surface area contributed by atoms with Crippen LogP contribution in [-0.2, 0) is 6.42 Å². The minimum atomic E-state index is -5.03. The summed E-state index contributed by atoms with van der Waals surface area (Å²) >= 11 is 0. The third-order valence-electron chi connectivity index (χ3n) is 5.10. The monoisotopic (exact) mass is 440 g/mol. The van der Waals surface area contributed by atoms with Crippen LogP contribution in [0.4, 0.5) is 26.3 Å². The molecule has 3 aromatic carbocycles. The van der Waals surface area contributed by atoms with Gasteiger partial charge in [0.1, 0.15) is 11.6 Å². The van der Waals surface area contributed by atoms with Crippen molar-refractivity contribution in [2.24, 2.45) is 0 Å². The Labute approximate surface area is 176 Å². The Bertz CT molecular complexity index is 1030. The number of ether oxygens (including phenoxy) is 1. The lowest BCUT2D eigenvalue weighted by molar-refractivity contribution is -0.275. The molecule has 0 bridgehead atoms. The first-order valence-electron chi connectivity index (χ1n) is 10.2. The van der Waals surface area contributed by atoms with E-state index >= 15 is 0 Å². The van der Waals surface area contributed by atoms with E-state index in [1.807, 2.05) is 0 Å². The van der Waals surface area contributed by atoms with Crippen LogP contribution >= 0.6 is 0 Å². The van der Waals surface area contributed by atoms with Gasteiger partial charge < -0.3 is 4.74 Å². The first-order valence-corrected chi connectivity index (χ1v) is 10.2. The van der Waals surface area contributed by atoms with Crippen molar-refractivity contribution < 1.29 is 31.1 Å². The van der Waals surface area contributed by atoms with Crippen LogP contribution in [0.25, 0.3) is 21.9 Å². The van der Waals surface area contributed by atoms with Crippen molar-refractivity contribution in [2.45, 2.75) is 51.8 Å². The molecule has 0 aliphatic heterocycles. The van der Waals surface area contributed by atoms with Crippen molar-refractivity contribution in [3.8, 4) is 16.9 Å². The first kappa shape index (κ1) is 23.0. The number of halogens is 6. The standard InChI is InChI=1S/C24H22F6O/c1-2-3-4-5-6-7-15-12-19(25)22(20(26)13-15)17-8-10-18-16(14-17)9-11-21(23(18)27)31-24(28,29)30/h8-14H,2-7H2,1H3. The van der Waals surface area contributed by atoms with E-state index in [1.165, 1.54) is 36.4 Å². The van der Waals surface area contributed by atoms with Gasteiger partial charge in [0.15, 0.2) is 11.6 Å². The van der Waals surface area contributed by atoms with Crippen molar-refractivity contribution in [2.75, 3.05) is 0 Å². The second-order valence-corrected chi connectivity index (χ2v) is 7.46. The van der Waals surface area contributed by atoms with E-state index in [2.05, 4.69) is 11.7 Å². The minimum absolute atomic E-state index is 0.144. The zero-order valence-corrected chi connectivity index (χ0v) is 17.0. The molecule has 0 saturated carbocycles. The van der Waals surface area contributed by atoms with E-state index in [1.54, 1.807) is 0 Å². The highest BCUT2D eigenvalue weighted by Crippen LogP contribution is 2.34. The Kier molecular flexibility index (Phi) is 7.13. The zero-order valence-electron chi connectivity index (χ0n) is 17.0. The Morgan fingerprint density at radius 1 is 0.806 bits per heavy atom. The predicted molar refractivity (Wildman–Crippen MR) is 108 cm³/mol. The summed E-state index contributed by atoms with van der Waals surface area (Å²) < 4.78 is 84.6. The summed E-state index contributed by atoms with van der Waals surface area (Å²) in [5.74, 6) is -3.63. The van der Waals surface area contributed by atoms with Crippen molar-refractivity contribution in [3.05, 3.63) is 65.5 Å². The summed E-state index contributed by atoms with van der Waals surface area (Å²) in [4.78, 5) is 0. The number of aryl methyl sites for hydroxylation is 1. The van der Waals surface area contributed by atoms with E-state index in [4.69, 9.17) is 0 Å². The number of rotatable bonds is 8. The molecule has 0 fully saturated rings. The van der Waals surface area contributed by atoms with Gasteiger partial charge >= 0.3 is 6.36 Å². The SMILES string of the molecule is CCCCCCCc1cc(F)c(-c2ccc3c(F)c(OC(F)(F)F)ccc3c2)c(F)c1.